The molecule has 76 valence electrons. The molecule has 1 aliphatic heterocycles. The topological polar surface area (TPSA) is 3.24 Å². The van der Waals surface area contributed by atoms with Crippen molar-refractivity contribution in [2.24, 2.45) is 0 Å². The van der Waals surface area contributed by atoms with Gasteiger partial charge in [0.25, 0.3) is 0 Å². The molecule has 0 atom stereocenters. The molecule has 0 aliphatic carbocycles. The molecule has 1 saturated heterocycles. The van der Waals surface area contributed by atoms with Crippen LogP contribution in [-0.4, -0.2) is 18.0 Å². The molecule has 14 heavy (non-hydrogen) atoms. The van der Waals surface area contributed by atoms with Crippen molar-refractivity contribution in [3.05, 3.63) is 33.8 Å². The fourth-order valence-corrected chi connectivity index (χ4v) is 2.38. The van der Waals surface area contributed by atoms with Crippen molar-refractivity contribution >= 4 is 15.9 Å². The summed E-state index contributed by atoms with van der Waals surface area (Å²) in [7, 11) is 0. The smallest absolute Gasteiger partial charge is 0.0245 e. The van der Waals surface area contributed by atoms with Crippen molar-refractivity contribution in [1.82, 2.24) is 4.90 Å². The number of halogens is 1. The average Bonchev–Trinajstić information content (AvgIpc) is 2.64. The van der Waals surface area contributed by atoms with Crippen molar-refractivity contribution in [1.29, 1.82) is 0 Å². The molecule has 1 aliphatic rings. The first-order valence-corrected chi connectivity index (χ1v) is 6.02. The molecule has 0 saturated carbocycles. The van der Waals surface area contributed by atoms with E-state index in [1.807, 2.05) is 0 Å². The number of nitrogens with zero attached hydrogens (tertiary/aromatic N) is 1. The molecule has 0 amide bonds. The molecule has 0 bridgehead atoms. The fraction of sp³-hybridized carbons (Fsp3) is 0.500. The molecule has 0 unspecified atom stereocenters. The van der Waals surface area contributed by atoms with Crippen LogP contribution in [-0.2, 0) is 6.54 Å². The third-order valence-corrected chi connectivity index (χ3v) is 3.57. The molecule has 0 radical (unpaired) electrons. The third-order valence-electron chi connectivity index (χ3n) is 2.79. The van der Waals surface area contributed by atoms with Gasteiger partial charge < -0.3 is 0 Å². The summed E-state index contributed by atoms with van der Waals surface area (Å²) in [6.45, 7) is 5.78. The van der Waals surface area contributed by atoms with Gasteiger partial charge in [0.1, 0.15) is 0 Å². The van der Waals surface area contributed by atoms with Gasteiger partial charge in [0.2, 0.25) is 0 Å². The van der Waals surface area contributed by atoms with Crippen LogP contribution in [0.15, 0.2) is 22.7 Å². The van der Waals surface area contributed by atoms with Gasteiger partial charge in [0.05, 0.1) is 0 Å². The second-order valence-corrected chi connectivity index (χ2v) is 4.93. The minimum Gasteiger partial charge on any atom is -0.299 e. The van der Waals surface area contributed by atoms with Crippen LogP contribution >= 0.6 is 15.9 Å². The lowest BCUT2D eigenvalue weighted by atomic mass is 10.1. The zero-order chi connectivity index (χ0) is 9.97. The minimum absolute atomic E-state index is 1.10. The largest absolute Gasteiger partial charge is 0.299 e. The fourth-order valence-electron chi connectivity index (χ4n) is 2.01. The summed E-state index contributed by atoms with van der Waals surface area (Å²) in [6.07, 6.45) is 2.73. The van der Waals surface area contributed by atoms with Gasteiger partial charge in [-0.3, -0.25) is 4.90 Å². The van der Waals surface area contributed by atoms with Crippen LogP contribution in [0.25, 0.3) is 0 Å². The molecule has 0 aromatic heterocycles. The van der Waals surface area contributed by atoms with E-state index in [9.17, 15) is 0 Å². The highest BCUT2D eigenvalue weighted by Crippen LogP contribution is 2.21. The van der Waals surface area contributed by atoms with Gasteiger partial charge >= 0.3 is 0 Å². The second-order valence-electron chi connectivity index (χ2n) is 4.08. The first kappa shape index (κ1) is 10.2. The van der Waals surface area contributed by atoms with E-state index in [0.717, 1.165) is 6.54 Å². The Kier molecular flexibility index (Phi) is 3.24. The number of hydrogen-bond acceptors (Lipinski definition) is 1. The highest BCUT2D eigenvalue weighted by molar-refractivity contribution is 9.10. The zero-order valence-corrected chi connectivity index (χ0v) is 10.2. The van der Waals surface area contributed by atoms with Gasteiger partial charge in [0.15, 0.2) is 0 Å². The summed E-state index contributed by atoms with van der Waals surface area (Å²) in [6, 6.07) is 6.58. The van der Waals surface area contributed by atoms with E-state index in [2.05, 4.69) is 46.0 Å². The SMILES string of the molecule is Cc1ccc(Br)c(CN2CCCC2)c1. The van der Waals surface area contributed by atoms with Crippen LogP contribution in [0.5, 0.6) is 0 Å². The monoisotopic (exact) mass is 253 g/mol. The highest BCUT2D eigenvalue weighted by atomic mass is 79.9. The predicted molar refractivity (Wildman–Crippen MR) is 63.4 cm³/mol. The molecule has 2 heteroatoms. The molecule has 1 fully saturated rings. The zero-order valence-electron chi connectivity index (χ0n) is 8.59. The molecule has 2 rings (SSSR count). The maximum atomic E-state index is 3.61. The predicted octanol–water partition coefficient (Wildman–Crippen LogP) is 3.35. The molecule has 1 nitrogen and oxygen atoms in total. The second kappa shape index (κ2) is 4.45. The summed E-state index contributed by atoms with van der Waals surface area (Å²) >= 11 is 3.61. The number of benzene rings is 1. The Morgan fingerprint density at radius 2 is 2.00 bits per heavy atom. The Bertz CT molecular complexity index is 316. The Morgan fingerprint density at radius 1 is 1.29 bits per heavy atom. The Morgan fingerprint density at radius 3 is 2.71 bits per heavy atom. The summed E-state index contributed by atoms with van der Waals surface area (Å²) in [5, 5.41) is 0. The standard InChI is InChI=1S/C12H16BrN/c1-10-4-5-12(13)11(8-10)9-14-6-2-3-7-14/h4-5,8H,2-3,6-7,9H2,1H3. The summed E-state index contributed by atoms with van der Waals surface area (Å²) in [5.41, 5.74) is 2.77. The first-order chi connectivity index (χ1) is 6.75. The third kappa shape index (κ3) is 2.37. The minimum atomic E-state index is 1.10. The molecule has 1 aromatic carbocycles. The van der Waals surface area contributed by atoms with Crippen LogP contribution in [0.4, 0.5) is 0 Å². The lowest BCUT2D eigenvalue weighted by molar-refractivity contribution is 0.331. The molecule has 0 spiro atoms. The van der Waals surface area contributed by atoms with Crippen molar-refractivity contribution in [3.63, 3.8) is 0 Å². The first-order valence-electron chi connectivity index (χ1n) is 5.23. The molecule has 1 aromatic rings. The number of rotatable bonds is 2. The summed E-state index contributed by atoms with van der Waals surface area (Å²) in [5.74, 6) is 0. The van der Waals surface area contributed by atoms with Gasteiger partial charge in [-0.05, 0) is 44.5 Å². The Balaban J connectivity index is 2.10. The highest BCUT2D eigenvalue weighted by Gasteiger charge is 2.12. The quantitative estimate of drug-likeness (QED) is 0.782. The lowest BCUT2D eigenvalue weighted by Crippen LogP contribution is -2.18. The summed E-state index contributed by atoms with van der Waals surface area (Å²) < 4.78 is 1.25. The van der Waals surface area contributed by atoms with E-state index in [-0.39, 0.29) is 0 Å². The van der Waals surface area contributed by atoms with E-state index in [4.69, 9.17) is 0 Å². The van der Waals surface area contributed by atoms with Crippen molar-refractivity contribution < 1.29 is 0 Å². The number of aryl methyl sites for hydroxylation is 1. The molecule has 1 heterocycles. The maximum absolute atomic E-state index is 3.61. The Hall–Kier alpha value is -0.340. The van der Waals surface area contributed by atoms with Crippen LogP contribution in [0.3, 0.4) is 0 Å². The number of hydrogen-bond donors (Lipinski definition) is 0. The van der Waals surface area contributed by atoms with E-state index >= 15 is 0 Å². The van der Waals surface area contributed by atoms with Crippen LogP contribution < -0.4 is 0 Å². The molecule has 0 N–H and O–H groups in total. The van der Waals surface area contributed by atoms with E-state index in [0.29, 0.717) is 0 Å². The normalized spacial score (nSPS) is 17.6. The summed E-state index contributed by atoms with van der Waals surface area (Å²) in [4.78, 5) is 2.53. The maximum Gasteiger partial charge on any atom is 0.0245 e. The number of likely N-dealkylation sites (tertiary alicyclic amines) is 1. The van der Waals surface area contributed by atoms with Crippen LogP contribution in [0.1, 0.15) is 24.0 Å². The van der Waals surface area contributed by atoms with Crippen molar-refractivity contribution in [3.8, 4) is 0 Å². The molecular formula is C12H16BrN. The van der Waals surface area contributed by atoms with Crippen LogP contribution in [0.2, 0.25) is 0 Å². The van der Waals surface area contributed by atoms with E-state index in [1.54, 1.807) is 0 Å². The van der Waals surface area contributed by atoms with Crippen molar-refractivity contribution in [2.45, 2.75) is 26.3 Å². The van der Waals surface area contributed by atoms with Gasteiger partial charge in [-0.15, -0.1) is 0 Å². The molecular weight excluding hydrogens is 238 g/mol. The van der Waals surface area contributed by atoms with Crippen LogP contribution in [0, 0.1) is 6.92 Å². The van der Waals surface area contributed by atoms with Gasteiger partial charge in [-0.1, -0.05) is 33.6 Å². The van der Waals surface area contributed by atoms with E-state index < -0.39 is 0 Å². The Labute approximate surface area is 94.2 Å². The average molecular weight is 254 g/mol. The van der Waals surface area contributed by atoms with E-state index in [1.165, 1.54) is 41.5 Å². The lowest BCUT2D eigenvalue weighted by Gasteiger charge is -2.16. The van der Waals surface area contributed by atoms with Gasteiger partial charge in [-0.2, -0.15) is 0 Å². The van der Waals surface area contributed by atoms with Gasteiger partial charge in [0, 0.05) is 11.0 Å². The van der Waals surface area contributed by atoms with Gasteiger partial charge in [-0.25, -0.2) is 0 Å². The van der Waals surface area contributed by atoms with Crippen molar-refractivity contribution in [2.75, 3.05) is 13.1 Å².